The molecule has 1 aromatic rings. The molecule has 0 spiro atoms. The van der Waals surface area contributed by atoms with Crippen molar-refractivity contribution >= 4 is 11.7 Å². The van der Waals surface area contributed by atoms with E-state index in [0.717, 1.165) is 12.1 Å². The first kappa shape index (κ1) is 14.0. The third kappa shape index (κ3) is 3.45. The summed E-state index contributed by atoms with van der Waals surface area (Å²) < 4.78 is 26.4. The van der Waals surface area contributed by atoms with Crippen molar-refractivity contribution in [2.24, 2.45) is 5.92 Å². The van der Waals surface area contributed by atoms with E-state index in [1.165, 1.54) is 17.9 Å². The zero-order valence-corrected chi connectivity index (χ0v) is 9.86. The quantitative estimate of drug-likeness (QED) is 0.817. The second-order valence-electron chi connectivity index (χ2n) is 3.92. The Bertz CT molecular complexity index is 482. The number of nitrogens with zero attached hydrogens (tertiary/aromatic N) is 1. The molecular weight excluding hydrogens is 240 g/mol. The van der Waals surface area contributed by atoms with Crippen LogP contribution in [0.1, 0.15) is 6.92 Å². The summed E-state index contributed by atoms with van der Waals surface area (Å²) in [5, 5.41) is 8.83. The fraction of sp³-hybridized carbons (Fsp3) is 0.308. The first-order valence-electron chi connectivity index (χ1n) is 5.32. The van der Waals surface area contributed by atoms with Crippen molar-refractivity contribution in [3.8, 4) is 12.3 Å². The summed E-state index contributed by atoms with van der Waals surface area (Å²) in [6.07, 6.45) is 5.16. The van der Waals surface area contributed by atoms with Gasteiger partial charge in [-0.1, -0.05) is 12.8 Å². The SMILES string of the molecule is C#CCN(CC(C)C(=O)O)c1ccc(F)cc1F. The molecule has 0 aliphatic rings. The highest BCUT2D eigenvalue weighted by molar-refractivity contribution is 5.70. The van der Waals surface area contributed by atoms with Gasteiger partial charge in [0.1, 0.15) is 11.6 Å². The molecule has 0 saturated heterocycles. The van der Waals surface area contributed by atoms with Crippen LogP contribution in [-0.4, -0.2) is 24.2 Å². The number of halogens is 2. The maximum atomic E-state index is 13.6. The van der Waals surface area contributed by atoms with Crippen LogP contribution in [0.3, 0.4) is 0 Å². The molecule has 1 aromatic carbocycles. The van der Waals surface area contributed by atoms with Crippen LogP contribution in [0.2, 0.25) is 0 Å². The van der Waals surface area contributed by atoms with E-state index in [2.05, 4.69) is 5.92 Å². The minimum absolute atomic E-state index is 0.0557. The fourth-order valence-corrected chi connectivity index (χ4v) is 1.50. The van der Waals surface area contributed by atoms with Gasteiger partial charge < -0.3 is 10.0 Å². The number of rotatable bonds is 5. The van der Waals surface area contributed by atoms with E-state index in [1.54, 1.807) is 0 Å². The molecule has 5 heteroatoms. The topological polar surface area (TPSA) is 40.5 Å². The van der Waals surface area contributed by atoms with Gasteiger partial charge >= 0.3 is 5.97 Å². The first-order valence-corrected chi connectivity index (χ1v) is 5.32. The van der Waals surface area contributed by atoms with Crippen molar-refractivity contribution < 1.29 is 18.7 Å². The van der Waals surface area contributed by atoms with Gasteiger partial charge in [-0.3, -0.25) is 4.79 Å². The van der Waals surface area contributed by atoms with E-state index >= 15 is 0 Å². The standard InChI is InChI=1S/C13H13F2NO2/c1-3-6-16(8-9(2)13(17)18)12-5-4-10(14)7-11(12)15/h1,4-5,7,9H,6,8H2,2H3,(H,17,18). The minimum Gasteiger partial charge on any atom is -0.481 e. The molecule has 0 heterocycles. The number of carboxylic acid groups (broad SMARTS) is 1. The Labute approximate surface area is 104 Å². The van der Waals surface area contributed by atoms with Crippen molar-refractivity contribution in [2.75, 3.05) is 18.0 Å². The lowest BCUT2D eigenvalue weighted by atomic mass is 10.1. The van der Waals surface area contributed by atoms with Gasteiger partial charge in [0.2, 0.25) is 0 Å². The number of terminal acetylenes is 1. The fourth-order valence-electron chi connectivity index (χ4n) is 1.50. The normalized spacial score (nSPS) is 11.7. The molecule has 3 nitrogen and oxygen atoms in total. The molecule has 1 unspecified atom stereocenters. The number of anilines is 1. The van der Waals surface area contributed by atoms with E-state index in [-0.39, 0.29) is 18.8 Å². The Morgan fingerprint density at radius 2 is 2.22 bits per heavy atom. The number of hydrogen-bond donors (Lipinski definition) is 1. The molecule has 1 atom stereocenters. The molecule has 0 bridgehead atoms. The monoisotopic (exact) mass is 253 g/mol. The van der Waals surface area contributed by atoms with Crippen molar-refractivity contribution in [3.63, 3.8) is 0 Å². The Balaban J connectivity index is 2.97. The van der Waals surface area contributed by atoms with Crippen LogP contribution in [0.4, 0.5) is 14.5 Å². The zero-order valence-electron chi connectivity index (χ0n) is 9.86. The Morgan fingerprint density at radius 1 is 1.56 bits per heavy atom. The molecule has 18 heavy (non-hydrogen) atoms. The Hall–Kier alpha value is -2.09. The highest BCUT2D eigenvalue weighted by atomic mass is 19.1. The highest BCUT2D eigenvalue weighted by Gasteiger charge is 2.18. The van der Waals surface area contributed by atoms with E-state index in [9.17, 15) is 13.6 Å². The lowest BCUT2D eigenvalue weighted by Gasteiger charge is -2.24. The predicted molar refractivity (Wildman–Crippen MR) is 64.2 cm³/mol. The predicted octanol–water partition coefficient (Wildman–Crippen LogP) is 2.13. The average Bonchev–Trinajstić information content (AvgIpc) is 2.28. The summed E-state index contributed by atoms with van der Waals surface area (Å²) in [5.41, 5.74) is 0.0995. The van der Waals surface area contributed by atoms with Gasteiger partial charge in [-0.25, -0.2) is 8.78 Å². The number of benzene rings is 1. The van der Waals surface area contributed by atoms with Gasteiger partial charge in [0, 0.05) is 12.6 Å². The van der Waals surface area contributed by atoms with Crippen LogP contribution in [0, 0.1) is 29.9 Å². The van der Waals surface area contributed by atoms with Gasteiger partial charge in [0.15, 0.2) is 0 Å². The molecule has 0 aliphatic heterocycles. The lowest BCUT2D eigenvalue weighted by Crippen LogP contribution is -2.32. The summed E-state index contributed by atoms with van der Waals surface area (Å²) in [5.74, 6) is -0.834. The largest absolute Gasteiger partial charge is 0.481 e. The highest BCUT2D eigenvalue weighted by Crippen LogP contribution is 2.21. The summed E-state index contributed by atoms with van der Waals surface area (Å²) in [4.78, 5) is 12.2. The molecule has 0 aromatic heterocycles. The molecule has 0 fully saturated rings. The van der Waals surface area contributed by atoms with Gasteiger partial charge in [-0.2, -0.15) is 0 Å². The smallest absolute Gasteiger partial charge is 0.308 e. The van der Waals surface area contributed by atoms with Crippen molar-refractivity contribution in [2.45, 2.75) is 6.92 Å². The molecule has 1 rings (SSSR count). The van der Waals surface area contributed by atoms with Crippen LogP contribution in [0.5, 0.6) is 0 Å². The Morgan fingerprint density at radius 3 is 2.72 bits per heavy atom. The van der Waals surface area contributed by atoms with E-state index < -0.39 is 23.5 Å². The maximum absolute atomic E-state index is 13.6. The van der Waals surface area contributed by atoms with E-state index in [0.29, 0.717) is 0 Å². The molecule has 0 amide bonds. The number of aliphatic carboxylic acids is 1. The van der Waals surface area contributed by atoms with Gasteiger partial charge in [-0.05, 0) is 12.1 Å². The second kappa shape index (κ2) is 6.01. The van der Waals surface area contributed by atoms with Crippen LogP contribution >= 0.6 is 0 Å². The molecule has 0 aliphatic carbocycles. The van der Waals surface area contributed by atoms with Crippen LogP contribution < -0.4 is 4.90 Å². The van der Waals surface area contributed by atoms with Crippen LogP contribution in [0.25, 0.3) is 0 Å². The number of carboxylic acids is 1. The zero-order chi connectivity index (χ0) is 13.7. The second-order valence-corrected chi connectivity index (χ2v) is 3.92. The van der Waals surface area contributed by atoms with E-state index in [1.807, 2.05) is 0 Å². The van der Waals surface area contributed by atoms with Crippen molar-refractivity contribution in [1.82, 2.24) is 0 Å². The Kier molecular flexibility index (Phi) is 4.67. The number of hydrogen-bond acceptors (Lipinski definition) is 2. The van der Waals surface area contributed by atoms with Crippen molar-refractivity contribution in [3.05, 3.63) is 29.8 Å². The van der Waals surface area contributed by atoms with Crippen LogP contribution in [-0.2, 0) is 4.79 Å². The summed E-state index contributed by atoms with van der Waals surface area (Å²) in [6, 6.07) is 3.09. The first-order chi connectivity index (χ1) is 8.45. The third-order valence-corrected chi connectivity index (χ3v) is 2.45. The summed E-state index contributed by atoms with van der Waals surface area (Å²) in [7, 11) is 0. The molecule has 96 valence electrons. The van der Waals surface area contributed by atoms with Gasteiger partial charge in [0.25, 0.3) is 0 Å². The average molecular weight is 253 g/mol. The molecule has 0 saturated carbocycles. The minimum atomic E-state index is -1.00. The third-order valence-electron chi connectivity index (χ3n) is 2.45. The molecule has 1 N–H and O–H groups in total. The number of carbonyl (C=O) groups is 1. The lowest BCUT2D eigenvalue weighted by molar-refractivity contribution is -0.140. The summed E-state index contributed by atoms with van der Waals surface area (Å²) in [6.45, 7) is 1.61. The van der Waals surface area contributed by atoms with Crippen LogP contribution in [0.15, 0.2) is 18.2 Å². The molecule has 0 radical (unpaired) electrons. The van der Waals surface area contributed by atoms with Gasteiger partial charge in [-0.15, -0.1) is 6.42 Å². The maximum Gasteiger partial charge on any atom is 0.308 e. The van der Waals surface area contributed by atoms with Gasteiger partial charge in [0.05, 0.1) is 18.2 Å². The van der Waals surface area contributed by atoms with Crippen molar-refractivity contribution in [1.29, 1.82) is 0 Å². The van der Waals surface area contributed by atoms with E-state index in [4.69, 9.17) is 11.5 Å². The summed E-state index contributed by atoms with van der Waals surface area (Å²) >= 11 is 0. The molecular formula is C13H13F2NO2.